The number of hydrogen-bond donors (Lipinski definition) is 1. The van der Waals surface area contributed by atoms with Gasteiger partial charge in [-0.05, 0) is 38.5 Å². The van der Waals surface area contributed by atoms with Crippen LogP contribution in [0.25, 0.3) is 0 Å². The van der Waals surface area contributed by atoms with Gasteiger partial charge in [0.2, 0.25) is 10.0 Å². The van der Waals surface area contributed by atoms with Crippen molar-refractivity contribution in [3.63, 3.8) is 0 Å². The highest BCUT2D eigenvalue weighted by molar-refractivity contribution is 7.89. The number of rotatable bonds is 6. The predicted octanol–water partition coefficient (Wildman–Crippen LogP) is 1.74. The minimum absolute atomic E-state index is 0.0423. The number of benzene rings is 1. The molecule has 1 N–H and O–H groups in total. The van der Waals surface area contributed by atoms with E-state index in [1.165, 1.54) is 6.07 Å². The fraction of sp³-hybridized carbons (Fsp3) is 0.429. The van der Waals surface area contributed by atoms with Crippen LogP contribution >= 0.6 is 0 Å². The van der Waals surface area contributed by atoms with Crippen molar-refractivity contribution in [3.05, 3.63) is 29.3 Å². The summed E-state index contributed by atoms with van der Waals surface area (Å²) in [5.41, 5.74) is 0.774. The SMILES string of the molecule is Cc1ccc(C#N)cc1S(=O)(=O)N(CCC(=O)O)C(C)C. The summed E-state index contributed by atoms with van der Waals surface area (Å²) in [5, 5.41) is 17.7. The van der Waals surface area contributed by atoms with Gasteiger partial charge in [-0.1, -0.05) is 6.07 Å². The first-order valence-corrected chi connectivity index (χ1v) is 7.88. The third-order valence-electron chi connectivity index (χ3n) is 3.03. The molecule has 0 atom stereocenters. The molecule has 114 valence electrons. The van der Waals surface area contributed by atoms with Crippen LogP contribution in [0.15, 0.2) is 23.1 Å². The van der Waals surface area contributed by atoms with Gasteiger partial charge in [-0.3, -0.25) is 4.79 Å². The summed E-state index contributed by atoms with van der Waals surface area (Å²) in [5.74, 6) is -1.06. The lowest BCUT2D eigenvalue weighted by atomic mass is 10.2. The summed E-state index contributed by atoms with van der Waals surface area (Å²) < 4.78 is 26.5. The molecule has 0 unspecified atom stereocenters. The van der Waals surface area contributed by atoms with E-state index in [9.17, 15) is 13.2 Å². The first kappa shape index (κ1) is 17.1. The second kappa shape index (κ2) is 6.70. The average molecular weight is 310 g/mol. The lowest BCUT2D eigenvalue weighted by molar-refractivity contribution is -0.137. The lowest BCUT2D eigenvalue weighted by Crippen LogP contribution is -2.38. The summed E-state index contributed by atoms with van der Waals surface area (Å²) in [4.78, 5) is 10.7. The third-order valence-corrected chi connectivity index (χ3v) is 5.24. The summed E-state index contributed by atoms with van der Waals surface area (Å²) in [7, 11) is -3.84. The van der Waals surface area contributed by atoms with E-state index in [0.717, 1.165) is 4.31 Å². The molecule has 0 amide bonds. The third kappa shape index (κ3) is 4.03. The molecule has 7 heteroatoms. The van der Waals surface area contributed by atoms with E-state index in [4.69, 9.17) is 10.4 Å². The maximum absolute atomic E-state index is 12.7. The van der Waals surface area contributed by atoms with Crippen molar-refractivity contribution in [2.75, 3.05) is 6.54 Å². The molecule has 6 nitrogen and oxygen atoms in total. The number of aryl methyl sites for hydroxylation is 1. The van der Waals surface area contributed by atoms with E-state index in [1.54, 1.807) is 32.9 Å². The topological polar surface area (TPSA) is 98.5 Å². The summed E-state index contributed by atoms with van der Waals surface area (Å²) in [6.45, 7) is 4.90. The second-order valence-corrected chi connectivity index (χ2v) is 6.80. The Balaban J connectivity index is 3.29. The van der Waals surface area contributed by atoms with Crippen LogP contribution in [0.1, 0.15) is 31.4 Å². The van der Waals surface area contributed by atoms with Crippen molar-refractivity contribution >= 4 is 16.0 Å². The van der Waals surface area contributed by atoms with Gasteiger partial charge in [-0.15, -0.1) is 0 Å². The van der Waals surface area contributed by atoms with Crippen LogP contribution in [0.3, 0.4) is 0 Å². The Kier molecular flexibility index (Phi) is 5.47. The van der Waals surface area contributed by atoms with E-state index in [2.05, 4.69) is 0 Å². The minimum Gasteiger partial charge on any atom is -0.481 e. The molecule has 0 spiro atoms. The summed E-state index contributed by atoms with van der Waals surface area (Å²) >= 11 is 0. The fourth-order valence-corrected chi connectivity index (χ4v) is 3.83. The normalized spacial score (nSPS) is 11.6. The highest BCUT2D eigenvalue weighted by Gasteiger charge is 2.29. The Hall–Kier alpha value is -1.91. The number of hydrogen-bond acceptors (Lipinski definition) is 4. The Morgan fingerprint density at radius 1 is 1.43 bits per heavy atom. The van der Waals surface area contributed by atoms with Crippen LogP contribution in [0.5, 0.6) is 0 Å². The number of sulfonamides is 1. The number of nitrogens with zero attached hydrogens (tertiary/aromatic N) is 2. The maximum Gasteiger partial charge on any atom is 0.304 e. The minimum atomic E-state index is -3.84. The van der Waals surface area contributed by atoms with Crippen molar-refractivity contribution < 1.29 is 18.3 Å². The van der Waals surface area contributed by atoms with E-state index in [1.807, 2.05) is 6.07 Å². The molecule has 0 aliphatic carbocycles. The van der Waals surface area contributed by atoms with Crippen molar-refractivity contribution in [3.8, 4) is 6.07 Å². The molecular weight excluding hydrogens is 292 g/mol. The molecule has 0 heterocycles. The van der Waals surface area contributed by atoms with Gasteiger partial charge >= 0.3 is 5.97 Å². The second-order valence-electron chi connectivity index (χ2n) is 4.95. The van der Waals surface area contributed by atoms with Gasteiger partial charge in [-0.25, -0.2) is 8.42 Å². The summed E-state index contributed by atoms with van der Waals surface area (Å²) in [6.07, 6.45) is -0.269. The molecule has 0 fully saturated rings. The van der Waals surface area contributed by atoms with Gasteiger partial charge in [0.05, 0.1) is 22.9 Å². The van der Waals surface area contributed by atoms with Gasteiger partial charge in [0.25, 0.3) is 0 Å². The van der Waals surface area contributed by atoms with Crippen LogP contribution < -0.4 is 0 Å². The number of nitriles is 1. The summed E-state index contributed by atoms with van der Waals surface area (Å²) in [6, 6.07) is 5.97. The first-order chi connectivity index (χ1) is 9.70. The fourth-order valence-electron chi connectivity index (χ4n) is 1.94. The molecule has 0 bridgehead atoms. The Labute approximate surface area is 124 Å². The van der Waals surface area contributed by atoms with Crippen LogP contribution in [0, 0.1) is 18.3 Å². The van der Waals surface area contributed by atoms with Gasteiger partial charge in [-0.2, -0.15) is 9.57 Å². The molecule has 0 aliphatic rings. The van der Waals surface area contributed by atoms with Crippen LogP contribution in [-0.4, -0.2) is 36.4 Å². The van der Waals surface area contributed by atoms with Crippen LogP contribution in [0.4, 0.5) is 0 Å². The maximum atomic E-state index is 12.7. The van der Waals surface area contributed by atoms with Crippen LogP contribution in [-0.2, 0) is 14.8 Å². The zero-order valence-corrected chi connectivity index (χ0v) is 13.0. The zero-order chi connectivity index (χ0) is 16.2. The molecule has 1 rings (SSSR count). The van der Waals surface area contributed by atoms with Crippen molar-refractivity contribution in [1.82, 2.24) is 4.31 Å². The Morgan fingerprint density at radius 2 is 2.05 bits per heavy atom. The van der Waals surface area contributed by atoms with Crippen molar-refractivity contribution in [1.29, 1.82) is 5.26 Å². The van der Waals surface area contributed by atoms with Gasteiger partial charge in [0.1, 0.15) is 0 Å². The van der Waals surface area contributed by atoms with E-state index >= 15 is 0 Å². The standard InChI is InChI=1S/C14H18N2O4S/c1-10(2)16(7-6-14(17)18)21(19,20)13-8-12(9-15)5-4-11(13)3/h4-5,8,10H,6-7H2,1-3H3,(H,17,18). The quantitative estimate of drug-likeness (QED) is 0.863. The van der Waals surface area contributed by atoms with Gasteiger partial charge in [0, 0.05) is 12.6 Å². The van der Waals surface area contributed by atoms with Crippen molar-refractivity contribution in [2.24, 2.45) is 0 Å². The van der Waals surface area contributed by atoms with Crippen molar-refractivity contribution in [2.45, 2.75) is 38.1 Å². The van der Waals surface area contributed by atoms with E-state index < -0.39 is 16.0 Å². The molecule has 0 radical (unpaired) electrons. The number of carboxylic acids is 1. The number of aliphatic carboxylic acids is 1. The number of carboxylic acid groups (broad SMARTS) is 1. The zero-order valence-electron chi connectivity index (χ0n) is 12.2. The molecule has 0 aromatic heterocycles. The van der Waals surface area contributed by atoms with Gasteiger partial charge in [0.15, 0.2) is 0 Å². The predicted molar refractivity (Wildman–Crippen MR) is 77.2 cm³/mol. The molecule has 0 saturated carbocycles. The number of carbonyl (C=O) groups is 1. The smallest absolute Gasteiger partial charge is 0.304 e. The molecule has 21 heavy (non-hydrogen) atoms. The average Bonchev–Trinajstić information content (AvgIpc) is 2.38. The van der Waals surface area contributed by atoms with Gasteiger partial charge < -0.3 is 5.11 Å². The lowest BCUT2D eigenvalue weighted by Gasteiger charge is -2.26. The highest BCUT2D eigenvalue weighted by atomic mass is 32.2. The first-order valence-electron chi connectivity index (χ1n) is 6.44. The highest BCUT2D eigenvalue weighted by Crippen LogP contribution is 2.23. The van der Waals surface area contributed by atoms with Crippen LogP contribution in [0.2, 0.25) is 0 Å². The Bertz CT molecular complexity index is 675. The molecule has 0 aliphatic heterocycles. The van der Waals surface area contributed by atoms with E-state index in [-0.39, 0.29) is 29.5 Å². The monoisotopic (exact) mass is 310 g/mol. The largest absolute Gasteiger partial charge is 0.481 e. The molecule has 0 saturated heterocycles. The molecular formula is C14H18N2O4S. The molecule has 1 aromatic carbocycles. The molecule has 1 aromatic rings. The Morgan fingerprint density at radius 3 is 2.52 bits per heavy atom. The van der Waals surface area contributed by atoms with E-state index in [0.29, 0.717) is 5.56 Å².